The molecule has 4 nitrogen and oxygen atoms in total. The first-order valence-electron chi connectivity index (χ1n) is 6.09. The number of likely N-dealkylation sites (N-methyl/N-ethyl adjacent to an activating group) is 1. The molecule has 0 bridgehead atoms. The largest absolute Gasteiger partial charge is 0.376 e. The number of hydrogen-bond donors (Lipinski definition) is 2. The molecule has 4 heteroatoms. The van der Waals surface area contributed by atoms with Crippen molar-refractivity contribution in [2.45, 2.75) is 12.8 Å². The van der Waals surface area contributed by atoms with Crippen LogP contribution in [0.15, 0.2) is 24.3 Å². The highest BCUT2D eigenvalue weighted by Crippen LogP contribution is 2.21. The minimum absolute atomic E-state index is 0.00591. The van der Waals surface area contributed by atoms with Crippen molar-refractivity contribution < 1.29 is 4.79 Å². The van der Waals surface area contributed by atoms with Gasteiger partial charge in [-0.25, -0.2) is 0 Å². The Kier molecular flexibility index (Phi) is 3.85. The predicted molar refractivity (Wildman–Crippen MR) is 70.4 cm³/mol. The van der Waals surface area contributed by atoms with Crippen molar-refractivity contribution in [3.05, 3.63) is 24.3 Å². The lowest BCUT2D eigenvalue weighted by molar-refractivity contribution is -0.118. The van der Waals surface area contributed by atoms with Gasteiger partial charge in [0.05, 0.1) is 6.54 Å². The summed E-state index contributed by atoms with van der Waals surface area (Å²) in [5.41, 5.74) is 2.25. The molecule has 0 spiro atoms. The first kappa shape index (κ1) is 11.8. The summed E-state index contributed by atoms with van der Waals surface area (Å²) in [6, 6.07) is 8.27. The summed E-state index contributed by atoms with van der Waals surface area (Å²) in [6.45, 7) is 2.63. The van der Waals surface area contributed by atoms with Gasteiger partial charge < -0.3 is 15.5 Å². The molecule has 1 aromatic carbocycles. The third kappa shape index (κ3) is 3.12. The van der Waals surface area contributed by atoms with Gasteiger partial charge in [0.15, 0.2) is 0 Å². The van der Waals surface area contributed by atoms with Gasteiger partial charge in [0.25, 0.3) is 0 Å². The fourth-order valence-electron chi connectivity index (χ4n) is 2.04. The van der Waals surface area contributed by atoms with E-state index in [9.17, 15) is 4.79 Å². The van der Waals surface area contributed by atoms with Crippen LogP contribution < -0.4 is 15.5 Å². The molecule has 0 unspecified atom stereocenters. The Morgan fingerprint density at radius 1 is 1.24 bits per heavy atom. The van der Waals surface area contributed by atoms with Crippen molar-refractivity contribution in [3.63, 3.8) is 0 Å². The molecule has 2 N–H and O–H groups in total. The van der Waals surface area contributed by atoms with Crippen LogP contribution in [-0.2, 0) is 4.79 Å². The zero-order chi connectivity index (χ0) is 12.1. The van der Waals surface area contributed by atoms with Crippen LogP contribution in [0.25, 0.3) is 0 Å². The van der Waals surface area contributed by atoms with E-state index in [0.29, 0.717) is 6.54 Å². The zero-order valence-corrected chi connectivity index (χ0v) is 10.2. The fourth-order valence-corrected chi connectivity index (χ4v) is 2.04. The van der Waals surface area contributed by atoms with Crippen LogP contribution in [0.2, 0.25) is 0 Å². The van der Waals surface area contributed by atoms with Crippen LogP contribution in [-0.4, -0.2) is 32.6 Å². The number of anilines is 2. The maximum Gasteiger partial charge on any atom is 0.239 e. The molecule has 17 heavy (non-hydrogen) atoms. The van der Waals surface area contributed by atoms with E-state index in [1.54, 1.807) is 7.05 Å². The molecule has 0 saturated carbocycles. The van der Waals surface area contributed by atoms with Crippen molar-refractivity contribution in [1.82, 2.24) is 5.32 Å². The van der Waals surface area contributed by atoms with Gasteiger partial charge in [-0.3, -0.25) is 4.79 Å². The fraction of sp³-hybridized carbons (Fsp3) is 0.462. The van der Waals surface area contributed by atoms with Gasteiger partial charge in [0.2, 0.25) is 5.91 Å². The Morgan fingerprint density at radius 3 is 2.47 bits per heavy atom. The molecule has 1 aliphatic rings. The molecule has 1 saturated heterocycles. The second kappa shape index (κ2) is 5.57. The van der Waals surface area contributed by atoms with Crippen LogP contribution in [0.4, 0.5) is 11.4 Å². The van der Waals surface area contributed by atoms with E-state index >= 15 is 0 Å². The van der Waals surface area contributed by atoms with Crippen LogP contribution in [0.1, 0.15) is 12.8 Å². The molecule has 2 rings (SSSR count). The lowest BCUT2D eigenvalue weighted by Crippen LogP contribution is -2.26. The van der Waals surface area contributed by atoms with E-state index in [1.165, 1.54) is 18.5 Å². The molecular formula is C13H19N3O. The number of amides is 1. The first-order valence-corrected chi connectivity index (χ1v) is 6.09. The number of rotatable bonds is 4. The monoisotopic (exact) mass is 233 g/mol. The van der Waals surface area contributed by atoms with Gasteiger partial charge in [0, 0.05) is 31.5 Å². The smallest absolute Gasteiger partial charge is 0.239 e. The van der Waals surface area contributed by atoms with E-state index in [2.05, 4.69) is 27.7 Å². The summed E-state index contributed by atoms with van der Waals surface area (Å²) in [7, 11) is 1.64. The standard InChI is InChI=1S/C13H19N3O/c1-14-13(17)10-15-11-4-6-12(7-5-11)16-8-2-3-9-16/h4-7,15H,2-3,8-10H2,1H3,(H,14,17). The van der Waals surface area contributed by atoms with Crippen LogP contribution >= 0.6 is 0 Å². The Labute approximate surface area is 102 Å². The lowest BCUT2D eigenvalue weighted by atomic mass is 10.2. The zero-order valence-electron chi connectivity index (χ0n) is 10.2. The van der Waals surface area contributed by atoms with Gasteiger partial charge in [-0.2, -0.15) is 0 Å². The van der Waals surface area contributed by atoms with Crippen molar-refractivity contribution in [2.24, 2.45) is 0 Å². The molecule has 1 fully saturated rings. The summed E-state index contributed by atoms with van der Waals surface area (Å²) < 4.78 is 0. The van der Waals surface area contributed by atoms with Gasteiger partial charge in [-0.15, -0.1) is 0 Å². The van der Waals surface area contributed by atoms with Gasteiger partial charge in [-0.1, -0.05) is 0 Å². The van der Waals surface area contributed by atoms with Gasteiger partial charge in [0.1, 0.15) is 0 Å². The Morgan fingerprint density at radius 2 is 1.88 bits per heavy atom. The maximum absolute atomic E-state index is 11.1. The van der Waals surface area contributed by atoms with Crippen molar-refractivity contribution in [1.29, 1.82) is 0 Å². The molecule has 1 aliphatic heterocycles. The quantitative estimate of drug-likeness (QED) is 0.827. The summed E-state index contributed by atoms with van der Waals surface area (Å²) in [4.78, 5) is 13.5. The molecule has 0 aromatic heterocycles. The summed E-state index contributed by atoms with van der Waals surface area (Å²) >= 11 is 0. The normalized spacial score (nSPS) is 14.8. The Balaban J connectivity index is 1.90. The van der Waals surface area contributed by atoms with Crippen LogP contribution in [0.5, 0.6) is 0 Å². The number of carbonyl (C=O) groups is 1. The average Bonchev–Trinajstić information content (AvgIpc) is 2.90. The predicted octanol–water partition coefficient (Wildman–Crippen LogP) is 1.44. The molecule has 0 radical (unpaired) electrons. The highest BCUT2D eigenvalue weighted by Gasteiger charge is 2.11. The molecule has 1 heterocycles. The number of nitrogens with zero attached hydrogens (tertiary/aromatic N) is 1. The second-order valence-electron chi connectivity index (χ2n) is 4.27. The number of hydrogen-bond acceptors (Lipinski definition) is 3. The minimum atomic E-state index is -0.00591. The average molecular weight is 233 g/mol. The second-order valence-corrected chi connectivity index (χ2v) is 4.27. The van der Waals surface area contributed by atoms with Crippen molar-refractivity contribution in [3.8, 4) is 0 Å². The first-order chi connectivity index (χ1) is 8.29. The van der Waals surface area contributed by atoms with E-state index in [-0.39, 0.29) is 5.91 Å². The van der Waals surface area contributed by atoms with E-state index in [4.69, 9.17) is 0 Å². The number of benzene rings is 1. The van der Waals surface area contributed by atoms with E-state index in [0.717, 1.165) is 18.8 Å². The van der Waals surface area contributed by atoms with E-state index in [1.807, 2.05) is 12.1 Å². The van der Waals surface area contributed by atoms with Gasteiger partial charge in [-0.05, 0) is 37.1 Å². The maximum atomic E-state index is 11.1. The third-order valence-corrected chi connectivity index (χ3v) is 3.07. The summed E-state index contributed by atoms with van der Waals surface area (Å²) in [5, 5.41) is 5.66. The van der Waals surface area contributed by atoms with Gasteiger partial charge >= 0.3 is 0 Å². The molecule has 0 atom stereocenters. The molecule has 92 valence electrons. The lowest BCUT2D eigenvalue weighted by Gasteiger charge is -2.17. The Bertz CT molecular complexity index is 369. The van der Waals surface area contributed by atoms with Crippen LogP contribution in [0.3, 0.4) is 0 Å². The summed E-state index contributed by atoms with van der Waals surface area (Å²) in [5.74, 6) is -0.00591. The van der Waals surface area contributed by atoms with E-state index < -0.39 is 0 Å². The minimum Gasteiger partial charge on any atom is -0.376 e. The molecule has 0 aliphatic carbocycles. The highest BCUT2D eigenvalue weighted by atomic mass is 16.1. The number of nitrogens with one attached hydrogen (secondary N) is 2. The third-order valence-electron chi connectivity index (χ3n) is 3.07. The van der Waals surface area contributed by atoms with Crippen molar-refractivity contribution >= 4 is 17.3 Å². The molecular weight excluding hydrogens is 214 g/mol. The van der Waals surface area contributed by atoms with Crippen molar-refractivity contribution in [2.75, 3.05) is 36.9 Å². The highest BCUT2D eigenvalue weighted by molar-refractivity contribution is 5.80. The van der Waals surface area contributed by atoms with Crippen LogP contribution in [0, 0.1) is 0 Å². The topological polar surface area (TPSA) is 44.4 Å². The Hall–Kier alpha value is -1.71. The summed E-state index contributed by atoms with van der Waals surface area (Å²) in [6.07, 6.45) is 2.58. The molecule has 1 aromatic rings. The SMILES string of the molecule is CNC(=O)CNc1ccc(N2CCCC2)cc1. The number of carbonyl (C=O) groups excluding carboxylic acids is 1. The molecule has 1 amide bonds.